The normalized spacial score (nSPS) is 11.1. The van der Waals surface area contributed by atoms with E-state index in [9.17, 15) is 5.26 Å². The number of guanidine groups is 1. The van der Waals surface area contributed by atoms with Crippen LogP contribution in [-0.4, -0.2) is 29.4 Å². The molecule has 5 N–H and O–H groups in total. The quantitative estimate of drug-likeness (QED) is 0.324. The van der Waals surface area contributed by atoms with Gasteiger partial charge in [-0.05, 0) is 49.2 Å². The zero-order chi connectivity index (χ0) is 20.6. The summed E-state index contributed by atoms with van der Waals surface area (Å²) < 4.78 is 6.72. The summed E-state index contributed by atoms with van der Waals surface area (Å²) in [5.41, 5.74) is 14.8. The molecule has 0 bridgehead atoms. The first kappa shape index (κ1) is 19.8. The third-order valence-electron chi connectivity index (χ3n) is 4.32. The van der Waals surface area contributed by atoms with Crippen molar-refractivity contribution in [3.63, 3.8) is 0 Å². The number of ether oxygens (including phenoxy) is 1. The molecule has 0 radical (unpaired) electrons. The molecule has 3 rings (SSSR count). The van der Waals surface area contributed by atoms with Crippen molar-refractivity contribution in [2.24, 2.45) is 10.7 Å². The van der Waals surface area contributed by atoms with Crippen LogP contribution in [0.2, 0.25) is 0 Å². The molecule has 8 nitrogen and oxygen atoms in total. The molecule has 1 aromatic heterocycles. The van der Waals surface area contributed by atoms with Crippen molar-refractivity contribution in [2.75, 3.05) is 24.7 Å². The number of para-hydroxylation sites is 1. The molecule has 0 fully saturated rings. The lowest BCUT2D eigenvalue weighted by atomic mass is 10.1. The van der Waals surface area contributed by atoms with Gasteiger partial charge in [-0.25, -0.2) is 4.68 Å². The van der Waals surface area contributed by atoms with Crippen molar-refractivity contribution in [3.05, 3.63) is 65.9 Å². The molecular weight excluding hydrogens is 366 g/mol. The number of nitrogens with one attached hydrogen (secondary N) is 1. The predicted molar refractivity (Wildman–Crippen MR) is 114 cm³/mol. The van der Waals surface area contributed by atoms with Crippen LogP contribution in [0, 0.1) is 11.3 Å². The van der Waals surface area contributed by atoms with Crippen LogP contribution >= 0.6 is 0 Å². The number of aliphatic imine (C=N–C) groups is 1. The van der Waals surface area contributed by atoms with Gasteiger partial charge in [-0.15, -0.1) is 0 Å². The minimum absolute atomic E-state index is 0.324. The smallest absolute Gasteiger partial charge is 0.193 e. The number of anilines is 2. The number of nitriles is 1. The molecule has 0 aliphatic carbocycles. The molecule has 0 amide bonds. The number of methoxy groups -OCH3 is 1. The minimum Gasteiger partial charge on any atom is -0.497 e. The number of hydrogen-bond acceptors (Lipinski definition) is 5. The van der Waals surface area contributed by atoms with Gasteiger partial charge in [0.15, 0.2) is 5.96 Å². The van der Waals surface area contributed by atoms with Crippen LogP contribution in [0.4, 0.5) is 11.5 Å². The van der Waals surface area contributed by atoms with Gasteiger partial charge < -0.3 is 21.5 Å². The van der Waals surface area contributed by atoms with Crippen molar-refractivity contribution < 1.29 is 4.74 Å². The van der Waals surface area contributed by atoms with E-state index in [1.165, 1.54) is 0 Å². The number of nitrogen functional groups attached to an aromatic ring is 1. The fourth-order valence-electron chi connectivity index (χ4n) is 2.85. The standard InChI is InChI=1S/C21H23N7O/c1-29-17-11-9-15(10-12-17)26-21(24)25-13-5-8-19-18(14-22)20(23)28(27-19)16-6-3-2-4-7-16/h2-4,6-7,9-12H,5,8,13,23H2,1H3,(H3,24,25,26). The zero-order valence-corrected chi connectivity index (χ0v) is 16.2. The van der Waals surface area contributed by atoms with Gasteiger partial charge in [-0.3, -0.25) is 4.99 Å². The zero-order valence-electron chi connectivity index (χ0n) is 16.2. The second-order valence-electron chi connectivity index (χ2n) is 6.29. The molecule has 0 spiro atoms. The molecule has 29 heavy (non-hydrogen) atoms. The van der Waals surface area contributed by atoms with Crippen LogP contribution in [0.15, 0.2) is 59.6 Å². The van der Waals surface area contributed by atoms with Crippen molar-refractivity contribution in [1.82, 2.24) is 9.78 Å². The molecular formula is C21H23N7O. The Labute approximate surface area is 169 Å². The largest absolute Gasteiger partial charge is 0.497 e. The number of hydrogen-bond donors (Lipinski definition) is 3. The molecule has 0 unspecified atom stereocenters. The molecule has 0 atom stereocenters. The van der Waals surface area contributed by atoms with Crippen molar-refractivity contribution in [3.8, 4) is 17.5 Å². The highest BCUT2D eigenvalue weighted by atomic mass is 16.5. The Morgan fingerprint density at radius 2 is 1.93 bits per heavy atom. The lowest BCUT2D eigenvalue weighted by molar-refractivity contribution is 0.415. The average Bonchev–Trinajstić information content (AvgIpc) is 3.07. The Balaban J connectivity index is 1.60. The first-order chi connectivity index (χ1) is 14.1. The summed E-state index contributed by atoms with van der Waals surface area (Å²) in [5.74, 6) is 1.44. The molecule has 2 aromatic carbocycles. The van der Waals surface area contributed by atoms with E-state index < -0.39 is 0 Å². The number of rotatable bonds is 7. The van der Waals surface area contributed by atoms with Crippen LogP contribution in [0.25, 0.3) is 5.69 Å². The highest BCUT2D eigenvalue weighted by Gasteiger charge is 2.15. The highest BCUT2D eigenvalue weighted by molar-refractivity contribution is 5.92. The van der Waals surface area contributed by atoms with E-state index in [0.29, 0.717) is 42.4 Å². The lowest BCUT2D eigenvalue weighted by Gasteiger charge is -2.06. The Morgan fingerprint density at radius 1 is 1.21 bits per heavy atom. The van der Waals surface area contributed by atoms with E-state index in [1.807, 2.05) is 54.6 Å². The number of aromatic nitrogens is 2. The fraction of sp³-hybridized carbons (Fsp3) is 0.190. The van der Waals surface area contributed by atoms with Crippen molar-refractivity contribution in [2.45, 2.75) is 12.8 Å². The van der Waals surface area contributed by atoms with E-state index in [0.717, 1.165) is 17.1 Å². The van der Waals surface area contributed by atoms with Gasteiger partial charge in [-0.1, -0.05) is 18.2 Å². The summed E-state index contributed by atoms with van der Waals surface area (Å²) in [6.07, 6.45) is 1.26. The number of aryl methyl sites for hydroxylation is 1. The Hall–Kier alpha value is -3.99. The van der Waals surface area contributed by atoms with Gasteiger partial charge in [-0.2, -0.15) is 10.4 Å². The second kappa shape index (κ2) is 9.28. The molecule has 148 valence electrons. The minimum atomic E-state index is 0.324. The summed E-state index contributed by atoms with van der Waals surface area (Å²) in [5, 5.41) is 17.0. The Morgan fingerprint density at radius 3 is 2.59 bits per heavy atom. The van der Waals surface area contributed by atoms with E-state index >= 15 is 0 Å². The third kappa shape index (κ3) is 4.84. The van der Waals surface area contributed by atoms with Crippen molar-refractivity contribution in [1.29, 1.82) is 5.26 Å². The summed E-state index contributed by atoms with van der Waals surface area (Å²) in [6.45, 7) is 0.498. The van der Waals surface area contributed by atoms with Crippen molar-refractivity contribution >= 4 is 17.5 Å². The molecule has 0 saturated carbocycles. The van der Waals surface area contributed by atoms with Crippen LogP contribution in [-0.2, 0) is 6.42 Å². The molecule has 3 aromatic rings. The van der Waals surface area contributed by atoms with Crippen LogP contribution in [0.1, 0.15) is 17.7 Å². The molecule has 0 aliphatic heterocycles. The van der Waals surface area contributed by atoms with Crippen LogP contribution in [0.5, 0.6) is 5.75 Å². The number of nitrogens with zero attached hydrogens (tertiary/aromatic N) is 4. The third-order valence-corrected chi connectivity index (χ3v) is 4.32. The maximum atomic E-state index is 9.46. The Kier molecular flexibility index (Phi) is 6.32. The van der Waals surface area contributed by atoms with E-state index in [2.05, 4.69) is 21.5 Å². The number of benzene rings is 2. The predicted octanol–water partition coefficient (Wildman–Crippen LogP) is 2.69. The fourth-order valence-corrected chi connectivity index (χ4v) is 2.85. The van der Waals surface area contributed by atoms with Gasteiger partial charge in [0.25, 0.3) is 0 Å². The average molecular weight is 389 g/mol. The summed E-state index contributed by atoms with van der Waals surface area (Å²) in [4.78, 5) is 4.32. The summed E-state index contributed by atoms with van der Waals surface area (Å²) >= 11 is 0. The summed E-state index contributed by atoms with van der Waals surface area (Å²) in [7, 11) is 1.62. The van der Waals surface area contributed by atoms with Crippen LogP contribution < -0.4 is 21.5 Å². The molecule has 1 heterocycles. The topological polar surface area (TPSA) is 127 Å². The summed E-state index contributed by atoms with van der Waals surface area (Å²) in [6, 6.07) is 19.1. The highest BCUT2D eigenvalue weighted by Crippen LogP contribution is 2.21. The SMILES string of the molecule is COc1ccc(NC(N)=NCCCc2nn(-c3ccccc3)c(N)c2C#N)cc1. The monoisotopic (exact) mass is 389 g/mol. The second-order valence-corrected chi connectivity index (χ2v) is 6.29. The van der Waals surface area contributed by atoms with Gasteiger partial charge in [0.2, 0.25) is 0 Å². The first-order valence-corrected chi connectivity index (χ1v) is 9.16. The van der Waals surface area contributed by atoms with Gasteiger partial charge in [0.05, 0.1) is 18.5 Å². The van der Waals surface area contributed by atoms with Crippen LogP contribution in [0.3, 0.4) is 0 Å². The first-order valence-electron chi connectivity index (χ1n) is 9.16. The maximum absolute atomic E-state index is 9.46. The molecule has 8 heteroatoms. The van der Waals surface area contributed by atoms with E-state index in [-0.39, 0.29) is 0 Å². The molecule has 0 aliphatic rings. The van der Waals surface area contributed by atoms with Gasteiger partial charge >= 0.3 is 0 Å². The maximum Gasteiger partial charge on any atom is 0.193 e. The molecule has 0 saturated heterocycles. The van der Waals surface area contributed by atoms with Gasteiger partial charge in [0.1, 0.15) is 23.2 Å². The lowest BCUT2D eigenvalue weighted by Crippen LogP contribution is -2.22. The van der Waals surface area contributed by atoms with E-state index in [4.69, 9.17) is 16.2 Å². The number of nitrogens with two attached hydrogens (primary N) is 2. The Bertz CT molecular complexity index is 1020. The van der Waals surface area contributed by atoms with E-state index in [1.54, 1.807) is 11.8 Å². The van der Waals surface area contributed by atoms with Gasteiger partial charge in [0, 0.05) is 12.2 Å².